The standard InChI is InChI=1S/C18H14N3O3.BrH/c22-18(14-6-5-7-15(12-14)21(23)24)13-20-11-4-2-9-17(20)16-8-1-3-10-19-16;/h1-12H,13H2;1H/q+1;/p-1. The zero-order valence-corrected chi connectivity index (χ0v) is 14.7. The molecule has 0 amide bonds. The number of nitrogens with zero attached hydrogens (tertiary/aromatic N) is 3. The quantitative estimate of drug-likeness (QED) is 0.258. The van der Waals surface area contributed by atoms with Gasteiger partial charge < -0.3 is 17.0 Å². The minimum absolute atomic E-state index is 0. The smallest absolute Gasteiger partial charge is 0.270 e. The number of rotatable bonds is 5. The fraction of sp³-hybridized carbons (Fsp3) is 0.0556. The molecule has 7 heteroatoms. The highest BCUT2D eigenvalue weighted by atomic mass is 79.9. The maximum absolute atomic E-state index is 12.5. The van der Waals surface area contributed by atoms with E-state index >= 15 is 0 Å². The van der Waals surface area contributed by atoms with Crippen LogP contribution in [0.4, 0.5) is 5.69 Å². The van der Waals surface area contributed by atoms with E-state index in [-0.39, 0.29) is 35.0 Å². The van der Waals surface area contributed by atoms with Crippen molar-refractivity contribution in [2.24, 2.45) is 0 Å². The summed E-state index contributed by atoms with van der Waals surface area (Å²) in [5.41, 5.74) is 1.78. The first-order valence-corrected chi connectivity index (χ1v) is 7.32. The number of Topliss-reactive ketones (excluding diaryl/α,β-unsaturated/α-hetero) is 1. The van der Waals surface area contributed by atoms with Crippen LogP contribution in [-0.2, 0) is 6.54 Å². The first kappa shape index (κ1) is 18.4. The lowest BCUT2D eigenvalue weighted by molar-refractivity contribution is -0.672. The molecule has 0 aliphatic rings. The highest BCUT2D eigenvalue weighted by Gasteiger charge is 2.19. The Morgan fingerprint density at radius 1 is 1.08 bits per heavy atom. The molecule has 1 aromatic carbocycles. The number of halogens is 1. The Kier molecular flexibility index (Phi) is 6.08. The topological polar surface area (TPSA) is 77.0 Å². The van der Waals surface area contributed by atoms with E-state index in [1.165, 1.54) is 18.2 Å². The van der Waals surface area contributed by atoms with Crippen molar-refractivity contribution in [3.05, 3.63) is 88.7 Å². The van der Waals surface area contributed by atoms with Crippen LogP contribution in [0.1, 0.15) is 10.4 Å². The van der Waals surface area contributed by atoms with Gasteiger partial charge in [-0.25, -0.2) is 4.98 Å². The van der Waals surface area contributed by atoms with E-state index < -0.39 is 4.92 Å². The highest BCUT2D eigenvalue weighted by molar-refractivity contribution is 5.95. The Hall–Kier alpha value is -2.93. The largest absolute Gasteiger partial charge is 1.00 e. The number of non-ortho nitro benzene ring substituents is 1. The maximum Gasteiger partial charge on any atom is 0.270 e. The van der Waals surface area contributed by atoms with Crippen LogP contribution in [0.3, 0.4) is 0 Å². The number of carbonyl (C=O) groups excluding carboxylic acids is 1. The van der Waals surface area contributed by atoms with Crippen LogP contribution in [0.2, 0.25) is 0 Å². The molecular weight excluding hydrogens is 386 g/mol. The number of carbonyl (C=O) groups is 1. The van der Waals surface area contributed by atoms with Crippen LogP contribution in [0.5, 0.6) is 0 Å². The molecule has 0 aliphatic carbocycles. The Balaban J connectivity index is 0.00000225. The van der Waals surface area contributed by atoms with Gasteiger partial charge in [0.25, 0.3) is 5.69 Å². The molecule has 25 heavy (non-hydrogen) atoms. The molecule has 0 aliphatic heterocycles. The molecule has 0 fully saturated rings. The summed E-state index contributed by atoms with van der Waals surface area (Å²) >= 11 is 0. The molecular formula is C18H14BrN3O3. The summed E-state index contributed by atoms with van der Waals surface area (Å²) in [6.07, 6.45) is 3.48. The van der Waals surface area contributed by atoms with Crippen molar-refractivity contribution >= 4 is 11.5 Å². The number of ketones is 1. The fourth-order valence-corrected chi connectivity index (χ4v) is 2.40. The average molecular weight is 400 g/mol. The molecule has 2 heterocycles. The summed E-state index contributed by atoms with van der Waals surface area (Å²) in [5.74, 6) is -0.202. The lowest BCUT2D eigenvalue weighted by Crippen LogP contribution is -3.00. The first-order valence-electron chi connectivity index (χ1n) is 7.32. The van der Waals surface area contributed by atoms with Crippen LogP contribution in [0, 0.1) is 10.1 Å². The third-order valence-electron chi connectivity index (χ3n) is 3.56. The van der Waals surface area contributed by atoms with Gasteiger partial charge in [-0.2, -0.15) is 4.57 Å². The second-order valence-corrected chi connectivity index (χ2v) is 5.16. The van der Waals surface area contributed by atoms with Crippen molar-refractivity contribution in [3.63, 3.8) is 0 Å². The number of nitro groups is 1. The Bertz CT molecular complexity index is 901. The van der Waals surface area contributed by atoms with Crippen LogP contribution in [0.15, 0.2) is 73.1 Å². The molecule has 0 saturated carbocycles. The van der Waals surface area contributed by atoms with Gasteiger partial charge in [-0.3, -0.25) is 14.9 Å². The number of hydrogen-bond acceptors (Lipinski definition) is 4. The third kappa shape index (κ3) is 4.33. The molecule has 0 bridgehead atoms. The summed E-state index contributed by atoms with van der Waals surface area (Å²) in [5, 5.41) is 10.9. The van der Waals surface area contributed by atoms with Gasteiger partial charge in [0.1, 0.15) is 5.69 Å². The summed E-state index contributed by atoms with van der Waals surface area (Å²) < 4.78 is 1.78. The zero-order chi connectivity index (χ0) is 16.9. The van der Waals surface area contributed by atoms with Gasteiger partial charge in [0.15, 0.2) is 6.20 Å². The summed E-state index contributed by atoms with van der Waals surface area (Å²) in [6, 6.07) is 16.9. The van der Waals surface area contributed by atoms with E-state index in [4.69, 9.17) is 0 Å². The third-order valence-corrected chi connectivity index (χ3v) is 3.56. The van der Waals surface area contributed by atoms with Gasteiger partial charge in [0.05, 0.1) is 4.92 Å². The van der Waals surface area contributed by atoms with Gasteiger partial charge >= 0.3 is 0 Å². The minimum atomic E-state index is -0.508. The average Bonchev–Trinajstić information content (AvgIpc) is 2.63. The van der Waals surface area contributed by atoms with Crippen LogP contribution < -0.4 is 21.5 Å². The van der Waals surface area contributed by atoms with E-state index in [0.29, 0.717) is 5.56 Å². The monoisotopic (exact) mass is 399 g/mol. The van der Waals surface area contributed by atoms with Gasteiger partial charge in [0.2, 0.25) is 18.0 Å². The number of pyridine rings is 2. The Labute approximate surface area is 154 Å². The molecule has 0 atom stereocenters. The lowest BCUT2D eigenvalue weighted by Gasteiger charge is -2.03. The molecule has 3 rings (SSSR count). The number of benzene rings is 1. The molecule has 0 unspecified atom stereocenters. The van der Waals surface area contributed by atoms with Gasteiger partial charge in [-0.1, -0.05) is 18.2 Å². The molecule has 126 valence electrons. The fourth-order valence-electron chi connectivity index (χ4n) is 2.40. The van der Waals surface area contributed by atoms with Crippen LogP contribution in [-0.4, -0.2) is 15.7 Å². The van der Waals surface area contributed by atoms with Gasteiger partial charge in [0, 0.05) is 36.0 Å². The van der Waals surface area contributed by atoms with Crippen LogP contribution in [0.25, 0.3) is 11.4 Å². The van der Waals surface area contributed by atoms with E-state index in [2.05, 4.69) is 4.98 Å². The summed E-state index contributed by atoms with van der Waals surface area (Å²) in [6.45, 7) is 0.0773. The summed E-state index contributed by atoms with van der Waals surface area (Å²) in [4.78, 5) is 27.2. The zero-order valence-electron chi connectivity index (χ0n) is 13.1. The van der Waals surface area contributed by atoms with Crippen LogP contribution >= 0.6 is 0 Å². The maximum atomic E-state index is 12.5. The van der Waals surface area contributed by atoms with Crippen molar-refractivity contribution in [2.75, 3.05) is 0 Å². The molecule has 2 aromatic heterocycles. The highest BCUT2D eigenvalue weighted by Crippen LogP contribution is 2.15. The lowest BCUT2D eigenvalue weighted by atomic mass is 10.1. The number of aromatic nitrogens is 2. The number of hydrogen-bond donors (Lipinski definition) is 0. The van der Waals surface area contributed by atoms with Crippen molar-refractivity contribution in [1.82, 2.24) is 4.98 Å². The van der Waals surface area contributed by atoms with E-state index in [0.717, 1.165) is 11.4 Å². The van der Waals surface area contributed by atoms with E-state index in [1.807, 2.05) is 36.4 Å². The van der Waals surface area contributed by atoms with Crippen molar-refractivity contribution in [1.29, 1.82) is 0 Å². The second kappa shape index (κ2) is 8.25. The normalized spacial score (nSPS) is 9.92. The molecule has 0 saturated heterocycles. The Morgan fingerprint density at radius 3 is 2.60 bits per heavy atom. The summed E-state index contributed by atoms with van der Waals surface area (Å²) in [7, 11) is 0. The molecule has 3 aromatic rings. The number of nitro benzene ring substituents is 1. The second-order valence-electron chi connectivity index (χ2n) is 5.16. The van der Waals surface area contributed by atoms with Gasteiger partial charge in [-0.05, 0) is 18.2 Å². The van der Waals surface area contributed by atoms with Crippen molar-refractivity contribution < 1.29 is 31.3 Å². The molecule has 6 nitrogen and oxygen atoms in total. The molecule has 0 spiro atoms. The van der Waals surface area contributed by atoms with E-state index in [1.54, 1.807) is 23.0 Å². The molecule has 0 radical (unpaired) electrons. The van der Waals surface area contributed by atoms with Crippen molar-refractivity contribution in [2.45, 2.75) is 6.54 Å². The van der Waals surface area contributed by atoms with Crippen molar-refractivity contribution in [3.8, 4) is 11.4 Å². The van der Waals surface area contributed by atoms with E-state index in [9.17, 15) is 14.9 Å². The SMILES string of the molecule is O=C(C[n+]1ccccc1-c1ccccn1)c1cccc([N+](=O)[O-])c1.[Br-]. The Morgan fingerprint density at radius 2 is 1.88 bits per heavy atom. The first-order chi connectivity index (χ1) is 11.6. The predicted molar refractivity (Wildman–Crippen MR) is 87.3 cm³/mol. The van der Waals surface area contributed by atoms with Gasteiger partial charge in [-0.15, -0.1) is 0 Å². The minimum Gasteiger partial charge on any atom is -1.00 e. The molecule has 0 N–H and O–H groups in total. The predicted octanol–water partition coefficient (Wildman–Crippen LogP) is -0.169.